The van der Waals surface area contributed by atoms with Gasteiger partial charge in [0.05, 0.1) is 30.8 Å². The number of ketones is 2. The van der Waals surface area contributed by atoms with Crippen molar-refractivity contribution in [1.29, 1.82) is 0 Å². The van der Waals surface area contributed by atoms with E-state index >= 15 is 4.79 Å². The fourth-order valence-electron chi connectivity index (χ4n) is 11.6. The highest BCUT2D eigenvalue weighted by atomic mass is 16.6. The van der Waals surface area contributed by atoms with E-state index in [1.54, 1.807) is 82.3 Å². The van der Waals surface area contributed by atoms with Crippen LogP contribution in [0.4, 0.5) is 0 Å². The van der Waals surface area contributed by atoms with Crippen molar-refractivity contribution in [2.75, 3.05) is 6.61 Å². The van der Waals surface area contributed by atoms with Crippen LogP contribution in [0.5, 0.6) is 0 Å². The molecule has 5 aromatic carbocycles. The van der Waals surface area contributed by atoms with Crippen molar-refractivity contribution in [2.45, 2.75) is 109 Å². The molecule has 0 spiro atoms. The molecule has 2 N–H and O–H groups in total. The lowest BCUT2D eigenvalue weighted by Crippen LogP contribution is -2.82. The van der Waals surface area contributed by atoms with Gasteiger partial charge in [0, 0.05) is 54.7 Å². The maximum absolute atomic E-state index is 16.3. The largest absolute Gasteiger partial charge is 0.458 e. The standard InChI is InChI=1S/C58H58O12/c1-35-44(60)32-58(65)54(66-33-39-14-8-6-9-15-39)52-56(5,45(31-46-57(52,34-67-46)70-36(2)59)68-47(61)29-24-38-22-25-40-16-12-13-19-43(40)30-38)53(64)51(49(35)55(58,3)4)69-48(62)28-23-37-20-26-42(27-21-37)50(63)41-17-10-7-11-18-41/h6-22,24-27,29-30,44-46,51-52,54,60,65H,23,28,31-34H2,1-5H3/b29-24+/t44-,45-,46+,51+,52-,54-,56+,57-,58+/m0/s1. The van der Waals surface area contributed by atoms with E-state index < -0.39 is 82.2 Å². The minimum atomic E-state index is -2.04. The van der Waals surface area contributed by atoms with Crippen LogP contribution in [-0.4, -0.2) is 88.0 Å². The Morgan fingerprint density at radius 1 is 0.800 bits per heavy atom. The van der Waals surface area contributed by atoms with Crippen LogP contribution < -0.4 is 0 Å². The normalized spacial score (nSPS) is 28.9. The first-order valence-corrected chi connectivity index (χ1v) is 23.8. The van der Waals surface area contributed by atoms with Gasteiger partial charge in [0.15, 0.2) is 23.3 Å². The first kappa shape index (κ1) is 48.5. The highest BCUT2D eigenvalue weighted by molar-refractivity contribution is 6.09. The van der Waals surface area contributed by atoms with Crippen LogP contribution in [0.25, 0.3) is 16.8 Å². The fourth-order valence-corrected chi connectivity index (χ4v) is 11.6. The number of hydrogen-bond donors (Lipinski definition) is 2. The molecule has 70 heavy (non-hydrogen) atoms. The molecule has 362 valence electrons. The molecule has 9 rings (SSSR count). The molecule has 3 aliphatic carbocycles. The number of carbonyl (C=O) groups excluding carboxylic acids is 5. The minimum Gasteiger partial charge on any atom is -0.458 e. The van der Waals surface area contributed by atoms with E-state index in [9.17, 15) is 29.4 Å². The second kappa shape index (κ2) is 19.0. The SMILES string of the molecule is CC(=O)O[C@@]12CO[C@@H]1C[C@H](OC(=O)/C=C/c1ccc3ccccc3c1)[C@@]1(C)C(=O)[C@H](OC(=O)CCc3ccc(C(=O)c4ccccc4)cc3)C3=C(C)[C@@H](O)C[C@@](O)([C@@H](OCc4ccccc4)[C@H]21)C3(C)C. The monoisotopic (exact) mass is 946 g/mol. The van der Waals surface area contributed by atoms with Gasteiger partial charge in [-0.2, -0.15) is 0 Å². The molecule has 0 aromatic heterocycles. The van der Waals surface area contributed by atoms with Gasteiger partial charge in [-0.1, -0.05) is 135 Å². The Hall–Kier alpha value is -6.57. The van der Waals surface area contributed by atoms with E-state index in [0.29, 0.717) is 16.7 Å². The van der Waals surface area contributed by atoms with E-state index in [1.165, 1.54) is 13.0 Å². The summed E-state index contributed by atoms with van der Waals surface area (Å²) in [6, 6.07) is 38.7. The van der Waals surface area contributed by atoms with E-state index in [1.807, 2.05) is 78.9 Å². The number of esters is 3. The van der Waals surface area contributed by atoms with Crippen molar-refractivity contribution in [1.82, 2.24) is 0 Å². The van der Waals surface area contributed by atoms with Crippen molar-refractivity contribution in [2.24, 2.45) is 16.7 Å². The van der Waals surface area contributed by atoms with Crippen LogP contribution in [-0.2, 0) is 55.9 Å². The predicted octanol–water partition coefficient (Wildman–Crippen LogP) is 8.27. The summed E-state index contributed by atoms with van der Waals surface area (Å²) >= 11 is 0. The Balaban J connectivity index is 1.12. The van der Waals surface area contributed by atoms with E-state index in [2.05, 4.69) is 0 Å². The quantitative estimate of drug-likeness (QED) is 0.0381. The van der Waals surface area contributed by atoms with Crippen LogP contribution >= 0.6 is 0 Å². The summed E-state index contributed by atoms with van der Waals surface area (Å²) in [5.41, 5.74) is -3.21. The average molecular weight is 947 g/mol. The lowest BCUT2D eigenvalue weighted by atomic mass is 9.44. The summed E-state index contributed by atoms with van der Waals surface area (Å²) in [5.74, 6) is -4.32. The first-order valence-electron chi connectivity index (χ1n) is 23.8. The zero-order chi connectivity index (χ0) is 49.6. The molecular weight excluding hydrogens is 889 g/mol. The molecular formula is C58H58O12. The highest BCUT2D eigenvalue weighted by Crippen LogP contribution is 2.64. The number of aryl methyl sites for hydroxylation is 1. The molecule has 4 aliphatic rings. The van der Waals surface area contributed by atoms with Crippen LogP contribution in [0.1, 0.15) is 86.5 Å². The maximum Gasteiger partial charge on any atom is 0.331 e. The smallest absolute Gasteiger partial charge is 0.331 e. The molecule has 1 aliphatic heterocycles. The van der Waals surface area contributed by atoms with E-state index in [0.717, 1.165) is 27.5 Å². The third-order valence-corrected chi connectivity index (χ3v) is 15.5. The second-order valence-corrected chi connectivity index (χ2v) is 19.9. The number of Topliss-reactive ketones (excluding diaryl/α,β-unsaturated/α-hetero) is 1. The molecule has 9 atom stereocenters. The number of hydrogen-bond acceptors (Lipinski definition) is 12. The van der Waals surface area contributed by atoms with Gasteiger partial charge in [-0.05, 0) is 71.0 Å². The van der Waals surface area contributed by atoms with Crippen molar-refractivity contribution in [3.8, 4) is 0 Å². The topological polar surface area (TPSA) is 172 Å². The number of benzene rings is 5. The van der Waals surface area contributed by atoms with Crippen LogP contribution in [0.2, 0.25) is 0 Å². The summed E-state index contributed by atoms with van der Waals surface area (Å²) in [6.07, 6.45) is -4.07. The maximum atomic E-state index is 16.3. The molecule has 2 saturated carbocycles. The van der Waals surface area contributed by atoms with Gasteiger partial charge >= 0.3 is 17.9 Å². The molecule has 0 radical (unpaired) electrons. The molecule has 12 heteroatoms. The summed E-state index contributed by atoms with van der Waals surface area (Å²) in [7, 11) is 0. The van der Waals surface area contributed by atoms with Gasteiger partial charge in [-0.3, -0.25) is 19.2 Å². The molecule has 2 bridgehead atoms. The lowest BCUT2D eigenvalue weighted by molar-refractivity contribution is -0.352. The van der Waals surface area contributed by atoms with Gasteiger partial charge < -0.3 is 33.9 Å². The van der Waals surface area contributed by atoms with Gasteiger partial charge in [0.1, 0.15) is 17.8 Å². The van der Waals surface area contributed by atoms with Crippen molar-refractivity contribution >= 4 is 46.3 Å². The van der Waals surface area contributed by atoms with E-state index in [-0.39, 0.29) is 50.3 Å². The third-order valence-electron chi connectivity index (χ3n) is 15.5. The number of carbonyl (C=O) groups is 5. The van der Waals surface area contributed by atoms with Gasteiger partial charge in [-0.25, -0.2) is 4.79 Å². The van der Waals surface area contributed by atoms with Crippen LogP contribution in [0.3, 0.4) is 0 Å². The molecule has 0 unspecified atom stereocenters. The highest BCUT2D eigenvalue weighted by Gasteiger charge is 2.78. The minimum absolute atomic E-state index is 0.0563. The number of rotatable bonds is 13. The first-order chi connectivity index (χ1) is 33.5. The summed E-state index contributed by atoms with van der Waals surface area (Å²) in [6.45, 7) is 7.74. The van der Waals surface area contributed by atoms with Crippen LogP contribution in [0.15, 0.2) is 145 Å². The number of ether oxygens (including phenoxy) is 5. The number of aliphatic hydroxyl groups excluding tert-OH is 1. The predicted molar refractivity (Wildman–Crippen MR) is 260 cm³/mol. The van der Waals surface area contributed by atoms with E-state index in [4.69, 9.17) is 23.7 Å². The number of aliphatic hydroxyl groups is 2. The molecule has 12 nitrogen and oxygen atoms in total. The molecule has 1 heterocycles. The zero-order valence-electron chi connectivity index (χ0n) is 40.0. The molecule has 5 aromatic rings. The van der Waals surface area contributed by atoms with Gasteiger partial charge in [0.25, 0.3) is 0 Å². The summed E-state index contributed by atoms with van der Waals surface area (Å²) in [4.78, 5) is 71.2. The third kappa shape index (κ3) is 8.61. The Morgan fingerprint density at radius 3 is 2.13 bits per heavy atom. The van der Waals surface area contributed by atoms with Gasteiger partial charge in [-0.15, -0.1) is 0 Å². The van der Waals surface area contributed by atoms with Crippen molar-refractivity contribution in [3.63, 3.8) is 0 Å². The lowest BCUT2D eigenvalue weighted by Gasteiger charge is -2.68. The fraction of sp³-hybridized carbons (Fsp3) is 0.362. The Labute approximate surface area is 407 Å². The van der Waals surface area contributed by atoms with Crippen molar-refractivity contribution in [3.05, 3.63) is 172 Å². The second-order valence-electron chi connectivity index (χ2n) is 19.9. The molecule has 1 saturated heterocycles. The van der Waals surface area contributed by atoms with Gasteiger partial charge in [0.2, 0.25) is 0 Å². The van der Waals surface area contributed by atoms with Crippen molar-refractivity contribution < 1.29 is 57.9 Å². The Bertz CT molecular complexity index is 2890. The zero-order valence-corrected chi connectivity index (χ0v) is 40.0. The number of fused-ring (bicyclic) bond motifs is 6. The Morgan fingerprint density at radius 2 is 1.46 bits per heavy atom. The summed E-state index contributed by atoms with van der Waals surface area (Å²) in [5, 5.41) is 27.6. The molecule has 0 amide bonds. The average Bonchev–Trinajstić information content (AvgIpc) is 3.35. The molecule has 3 fully saturated rings. The summed E-state index contributed by atoms with van der Waals surface area (Å²) < 4.78 is 32.2. The Kier molecular flexibility index (Phi) is 13.1. The van der Waals surface area contributed by atoms with Crippen LogP contribution in [0, 0.1) is 16.7 Å².